The highest BCUT2D eigenvalue weighted by atomic mass is 16.3. The molecule has 1 fully saturated rings. The summed E-state index contributed by atoms with van der Waals surface area (Å²) in [6, 6.07) is 1.68. The maximum absolute atomic E-state index is 12.4. The number of carbonyl (C=O) groups is 1. The summed E-state index contributed by atoms with van der Waals surface area (Å²) in [6.45, 7) is 3.66. The van der Waals surface area contributed by atoms with Crippen molar-refractivity contribution in [3.8, 4) is 0 Å². The second-order valence-electron chi connectivity index (χ2n) is 4.42. The van der Waals surface area contributed by atoms with Crippen molar-refractivity contribution >= 4 is 11.6 Å². The van der Waals surface area contributed by atoms with Crippen molar-refractivity contribution in [1.29, 1.82) is 0 Å². The Hall–Kier alpha value is -1.70. The average Bonchev–Trinajstić information content (AvgIpc) is 2.47. The fraction of sp³-hybridized carbons (Fsp3) is 0.500. The zero-order valence-corrected chi connectivity index (χ0v) is 10.7. The highest BCUT2D eigenvalue weighted by Crippen LogP contribution is 2.15. The van der Waals surface area contributed by atoms with Gasteiger partial charge in [0, 0.05) is 45.1 Å². The maximum Gasteiger partial charge on any atom is 0.257 e. The van der Waals surface area contributed by atoms with Gasteiger partial charge in [-0.15, -0.1) is 0 Å². The molecule has 2 heterocycles. The standard InChI is InChI=1S/C12H19N5O2/c13-15-11-1-2-14-9-10(11)12(19)17-5-3-16(4-6-17)7-8-18/h1-2,9,18H,3-8,13H2,(H,14,15). The van der Waals surface area contributed by atoms with E-state index in [1.165, 1.54) is 6.20 Å². The third-order valence-corrected chi connectivity index (χ3v) is 3.28. The molecule has 0 saturated carbocycles. The van der Waals surface area contributed by atoms with E-state index in [-0.39, 0.29) is 12.5 Å². The van der Waals surface area contributed by atoms with Crippen LogP contribution in [-0.2, 0) is 0 Å². The molecule has 7 heteroatoms. The van der Waals surface area contributed by atoms with Crippen molar-refractivity contribution in [3.05, 3.63) is 24.0 Å². The summed E-state index contributed by atoms with van der Waals surface area (Å²) < 4.78 is 0. The van der Waals surface area contributed by atoms with Crippen LogP contribution in [0.3, 0.4) is 0 Å². The van der Waals surface area contributed by atoms with Gasteiger partial charge in [0.05, 0.1) is 17.9 Å². The third-order valence-electron chi connectivity index (χ3n) is 3.28. The molecule has 0 aliphatic carbocycles. The first-order valence-electron chi connectivity index (χ1n) is 6.29. The van der Waals surface area contributed by atoms with E-state index in [1.807, 2.05) is 0 Å². The normalized spacial score (nSPS) is 16.4. The van der Waals surface area contributed by atoms with Gasteiger partial charge in [0.1, 0.15) is 0 Å². The summed E-state index contributed by atoms with van der Waals surface area (Å²) >= 11 is 0. The summed E-state index contributed by atoms with van der Waals surface area (Å²) in [7, 11) is 0. The Kier molecular flexibility index (Phi) is 4.67. The Bertz CT molecular complexity index is 432. The minimum atomic E-state index is -0.0651. The predicted molar refractivity (Wildman–Crippen MR) is 71.5 cm³/mol. The predicted octanol–water partition coefficient (Wildman–Crippen LogP) is -0.883. The molecule has 1 saturated heterocycles. The molecule has 0 bridgehead atoms. The van der Waals surface area contributed by atoms with Crippen LogP contribution in [0.4, 0.5) is 5.69 Å². The summed E-state index contributed by atoms with van der Waals surface area (Å²) in [5.41, 5.74) is 3.58. The van der Waals surface area contributed by atoms with Gasteiger partial charge in [-0.25, -0.2) is 0 Å². The van der Waals surface area contributed by atoms with E-state index in [1.54, 1.807) is 17.2 Å². The van der Waals surface area contributed by atoms with Crippen LogP contribution < -0.4 is 11.3 Å². The van der Waals surface area contributed by atoms with Crippen molar-refractivity contribution in [3.63, 3.8) is 0 Å². The third kappa shape index (κ3) is 3.19. The highest BCUT2D eigenvalue weighted by Gasteiger charge is 2.23. The van der Waals surface area contributed by atoms with Crippen LogP contribution in [-0.4, -0.2) is 65.1 Å². The molecule has 2 rings (SSSR count). The summed E-state index contributed by atoms with van der Waals surface area (Å²) in [4.78, 5) is 20.3. The fourth-order valence-electron chi connectivity index (χ4n) is 2.18. The van der Waals surface area contributed by atoms with Crippen LogP contribution >= 0.6 is 0 Å². The summed E-state index contributed by atoms with van der Waals surface area (Å²) in [5.74, 6) is 5.33. The number of nitrogen functional groups attached to an aromatic ring is 1. The molecule has 0 spiro atoms. The minimum Gasteiger partial charge on any atom is -0.395 e. The zero-order chi connectivity index (χ0) is 13.7. The smallest absolute Gasteiger partial charge is 0.257 e. The molecule has 0 aromatic carbocycles. The molecule has 0 atom stereocenters. The number of nitrogens with two attached hydrogens (primary N) is 1. The first kappa shape index (κ1) is 13.7. The van der Waals surface area contributed by atoms with Crippen LogP contribution in [0.2, 0.25) is 0 Å². The van der Waals surface area contributed by atoms with Crippen LogP contribution in [0.1, 0.15) is 10.4 Å². The van der Waals surface area contributed by atoms with Crippen molar-refractivity contribution in [2.24, 2.45) is 5.84 Å². The number of carbonyl (C=O) groups excluding carboxylic acids is 1. The van der Waals surface area contributed by atoms with Gasteiger partial charge in [0.25, 0.3) is 5.91 Å². The molecular formula is C12H19N5O2. The van der Waals surface area contributed by atoms with E-state index in [0.29, 0.717) is 30.9 Å². The number of anilines is 1. The van der Waals surface area contributed by atoms with E-state index >= 15 is 0 Å². The number of hydrogen-bond acceptors (Lipinski definition) is 6. The van der Waals surface area contributed by atoms with Gasteiger partial charge in [0.2, 0.25) is 0 Å². The number of piperazine rings is 1. The molecule has 1 aliphatic rings. The lowest BCUT2D eigenvalue weighted by Crippen LogP contribution is -2.49. The van der Waals surface area contributed by atoms with Crippen LogP contribution in [0.5, 0.6) is 0 Å². The Balaban J connectivity index is 2.01. The molecule has 19 heavy (non-hydrogen) atoms. The van der Waals surface area contributed by atoms with Crippen LogP contribution in [0.25, 0.3) is 0 Å². The largest absolute Gasteiger partial charge is 0.395 e. The quantitative estimate of drug-likeness (QED) is 0.483. The number of nitrogens with one attached hydrogen (secondary N) is 1. The van der Waals surface area contributed by atoms with Crippen molar-refractivity contribution in [2.45, 2.75) is 0 Å². The van der Waals surface area contributed by atoms with Crippen molar-refractivity contribution in [2.75, 3.05) is 44.8 Å². The number of nitrogens with zero attached hydrogens (tertiary/aromatic N) is 3. The first-order chi connectivity index (χ1) is 9.26. The number of aromatic nitrogens is 1. The maximum atomic E-state index is 12.4. The van der Waals surface area contributed by atoms with Crippen molar-refractivity contribution < 1.29 is 9.90 Å². The first-order valence-corrected chi connectivity index (χ1v) is 6.29. The molecule has 1 aliphatic heterocycles. The summed E-state index contributed by atoms with van der Waals surface area (Å²) in [5, 5.41) is 8.89. The Morgan fingerprint density at radius 1 is 1.42 bits per heavy atom. The molecule has 7 nitrogen and oxygen atoms in total. The Morgan fingerprint density at radius 2 is 2.16 bits per heavy atom. The topological polar surface area (TPSA) is 94.7 Å². The molecule has 0 unspecified atom stereocenters. The number of amides is 1. The molecule has 4 N–H and O–H groups in total. The van der Waals surface area contributed by atoms with E-state index < -0.39 is 0 Å². The highest BCUT2D eigenvalue weighted by molar-refractivity contribution is 5.99. The second-order valence-corrected chi connectivity index (χ2v) is 4.42. The Labute approximate surface area is 112 Å². The summed E-state index contributed by atoms with van der Waals surface area (Å²) in [6.07, 6.45) is 3.11. The fourth-order valence-corrected chi connectivity index (χ4v) is 2.18. The van der Waals surface area contributed by atoms with Gasteiger partial charge in [-0.1, -0.05) is 0 Å². The zero-order valence-electron chi connectivity index (χ0n) is 10.7. The number of aliphatic hydroxyl groups excluding tert-OH is 1. The van der Waals surface area contributed by atoms with E-state index in [2.05, 4.69) is 15.3 Å². The van der Waals surface area contributed by atoms with Gasteiger partial charge < -0.3 is 15.4 Å². The molecule has 1 amide bonds. The Morgan fingerprint density at radius 3 is 2.79 bits per heavy atom. The van der Waals surface area contributed by atoms with Crippen LogP contribution in [0.15, 0.2) is 18.5 Å². The van der Waals surface area contributed by atoms with E-state index in [4.69, 9.17) is 10.9 Å². The van der Waals surface area contributed by atoms with Gasteiger partial charge in [-0.2, -0.15) is 0 Å². The van der Waals surface area contributed by atoms with Gasteiger partial charge >= 0.3 is 0 Å². The van der Waals surface area contributed by atoms with Crippen molar-refractivity contribution in [1.82, 2.24) is 14.8 Å². The number of hydrazine groups is 1. The number of β-amino-alcohol motifs (C(OH)–C–C–N with tert-alkyl or cyclic N) is 1. The number of pyridine rings is 1. The SMILES string of the molecule is NNc1ccncc1C(=O)N1CCN(CCO)CC1. The lowest BCUT2D eigenvalue weighted by molar-refractivity contribution is 0.0615. The van der Waals surface area contributed by atoms with E-state index in [9.17, 15) is 4.79 Å². The van der Waals surface area contributed by atoms with Gasteiger partial charge in [-0.3, -0.25) is 20.5 Å². The molecule has 1 aromatic heterocycles. The average molecular weight is 265 g/mol. The molecular weight excluding hydrogens is 246 g/mol. The lowest BCUT2D eigenvalue weighted by atomic mass is 10.2. The number of aliphatic hydroxyl groups is 1. The monoisotopic (exact) mass is 265 g/mol. The number of hydrogen-bond donors (Lipinski definition) is 3. The molecule has 104 valence electrons. The second kappa shape index (κ2) is 6.46. The molecule has 1 aromatic rings. The lowest BCUT2D eigenvalue weighted by Gasteiger charge is -2.34. The molecule has 0 radical (unpaired) electrons. The van der Waals surface area contributed by atoms with E-state index in [0.717, 1.165) is 13.1 Å². The van der Waals surface area contributed by atoms with Gasteiger partial charge in [0.15, 0.2) is 0 Å². The van der Waals surface area contributed by atoms with Gasteiger partial charge in [-0.05, 0) is 6.07 Å². The minimum absolute atomic E-state index is 0.0651. The van der Waals surface area contributed by atoms with Crippen LogP contribution in [0, 0.1) is 0 Å². The number of rotatable bonds is 4.